The van der Waals surface area contributed by atoms with E-state index >= 15 is 0 Å². The van der Waals surface area contributed by atoms with Crippen molar-refractivity contribution in [2.75, 3.05) is 52.4 Å². The van der Waals surface area contributed by atoms with Crippen LogP contribution in [0, 0.1) is 82.9 Å². The highest BCUT2D eigenvalue weighted by atomic mass is 16.6. The Hall–Kier alpha value is -2.02. The molecule has 5 nitrogen and oxygen atoms in total. The van der Waals surface area contributed by atoms with E-state index in [0.29, 0.717) is 11.8 Å². The maximum atomic E-state index is 8.99. The van der Waals surface area contributed by atoms with Gasteiger partial charge < -0.3 is 4.74 Å². The molecule has 0 aromatic rings. The van der Waals surface area contributed by atoms with Gasteiger partial charge in [-0.25, -0.2) is 0 Å². The highest BCUT2D eigenvalue weighted by Gasteiger charge is 2.98. The summed E-state index contributed by atoms with van der Waals surface area (Å²) in [6.07, 6.45) is 25.7. The van der Waals surface area contributed by atoms with Crippen LogP contribution in [-0.4, -0.2) is 105 Å². The lowest BCUT2D eigenvalue weighted by Gasteiger charge is -2.64. The van der Waals surface area contributed by atoms with Crippen LogP contribution in [0.2, 0.25) is 0 Å². The van der Waals surface area contributed by atoms with Gasteiger partial charge in [0.2, 0.25) is 0 Å². The zero-order valence-electron chi connectivity index (χ0n) is 42.7. The van der Waals surface area contributed by atoms with Crippen molar-refractivity contribution in [3.8, 4) is 0 Å². The zero-order valence-corrected chi connectivity index (χ0v) is 42.7. The summed E-state index contributed by atoms with van der Waals surface area (Å²) in [6.45, 7) is 20.9. The maximum Gasteiger partial charge on any atom is 0.155 e. The Kier molecular flexibility index (Phi) is 6.31. The molecule has 5 saturated carbocycles. The first-order valence-electron chi connectivity index (χ1n) is 30.8. The standard InChI is InChI=1S/C64H78N4O/c1-31-15-23-65(24-16-31)59-45-35-5-6-36-38-8-10-40-42-12-14-44-43-13-11-41-39-9-7-37(35)47(59)49(39)61(67-27-19-33(3)20-28-67)51(41)53(43)63-54(44)52(42)62(68-29-21-34(4)22-30-68)50(40)48(38)60(46(36)45,66-25-17-32(2)18-26-66)56-55(59)57(61)64(63,69-63)58(56)62/h31-44H,5-30H2,1-4H3. The van der Waals surface area contributed by atoms with Gasteiger partial charge in [-0.05, 0) is 318 Å². The average Bonchev–Trinajstić information content (AvgIpc) is 3.80. The molecule has 0 radical (unpaired) electrons. The van der Waals surface area contributed by atoms with Crippen molar-refractivity contribution < 1.29 is 4.74 Å². The fourth-order valence-electron chi connectivity index (χ4n) is 26.5. The van der Waals surface area contributed by atoms with E-state index in [9.17, 15) is 0 Å². The Balaban J connectivity index is 1.03. The van der Waals surface area contributed by atoms with E-state index in [2.05, 4.69) is 91.9 Å². The van der Waals surface area contributed by atoms with Crippen molar-refractivity contribution in [3.05, 3.63) is 78.0 Å². The molecule has 0 amide bonds. The van der Waals surface area contributed by atoms with Crippen LogP contribution in [0.4, 0.5) is 0 Å². The number of hydrogen-bond donors (Lipinski definition) is 0. The smallest absolute Gasteiger partial charge is 0.155 e. The minimum absolute atomic E-state index is 0.0441. The number of hydrogen-bond acceptors (Lipinski definition) is 5. The predicted octanol–water partition coefficient (Wildman–Crippen LogP) is 10.7. The summed E-state index contributed by atoms with van der Waals surface area (Å²) in [4.78, 5) is 13.5. The molecule has 0 bridgehead atoms. The van der Waals surface area contributed by atoms with Crippen molar-refractivity contribution in [2.45, 2.75) is 177 Å². The summed E-state index contributed by atoms with van der Waals surface area (Å²) in [5, 5.41) is 0. The Bertz CT molecular complexity index is 2700. The lowest BCUT2D eigenvalue weighted by Crippen LogP contribution is -2.68. The van der Waals surface area contributed by atoms with Gasteiger partial charge in [0.25, 0.3) is 0 Å². The number of nitrogens with zero attached hydrogens (tertiary/aromatic N) is 4. The molecule has 360 valence electrons. The first kappa shape index (κ1) is 38.5. The first-order chi connectivity index (χ1) is 33.8. The van der Waals surface area contributed by atoms with Crippen LogP contribution in [-0.2, 0) is 4.74 Å². The molecule has 5 aliphatic heterocycles. The van der Waals surface area contributed by atoms with Crippen LogP contribution in [0.3, 0.4) is 0 Å². The monoisotopic (exact) mass is 919 g/mol. The van der Waals surface area contributed by atoms with E-state index in [1.54, 1.807) is 0 Å². The van der Waals surface area contributed by atoms with Crippen LogP contribution in [0.5, 0.6) is 0 Å². The Morgan fingerprint density at radius 3 is 0.768 bits per heavy atom. The molecule has 5 saturated heterocycles. The Labute approximate surface area is 412 Å². The molecular weight excluding hydrogens is 841 g/mol. The third-order valence-electron chi connectivity index (χ3n) is 28.1. The molecule has 14 unspecified atom stereocenters. The average molecular weight is 919 g/mol. The summed E-state index contributed by atoms with van der Waals surface area (Å²) in [6, 6.07) is 0. The van der Waals surface area contributed by atoms with Crippen LogP contribution < -0.4 is 0 Å². The van der Waals surface area contributed by atoms with Gasteiger partial charge in [-0.3, -0.25) is 19.6 Å². The second kappa shape index (κ2) is 11.3. The minimum Gasteiger partial charge on any atom is -0.343 e. The van der Waals surface area contributed by atoms with Gasteiger partial charge >= 0.3 is 0 Å². The van der Waals surface area contributed by atoms with Gasteiger partial charge in [0, 0.05) is 11.1 Å². The van der Waals surface area contributed by atoms with Crippen LogP contribution in [0.25, 0.3) is 0 Å². The summed E-state index contributed by atoms with van der Waals surface area (Å²) in [7, 11) is 0. The number of piperidine rings is 4. The number of fused-ring (bicyclic) bond motifs is 5. The lowest BCUT2D eigenvalue weighted by molar-refractivity contribution is 0.0779. The summed E-state index contributed by atoms with van der Waals surface area (Å²) in [5.41, 5.74) is 28.3. The molecule has 16 aliphatic carbocycles. The maximum absolute atomic E-state index is 8.99. The highest BCUT2D eigenvalue weighted by Crippen LogP contribution is 2.96. The van der Waals surface area contributed by atoms with Crippen LogP contribution in [0.15, 0.2) is 78.0 Å². The third kappa shape index (κ3) is 3.26. The molecular formula is C64H78N4O. The Morgan fingerprint density at radius 1 is 0.275 bits per heavy atom. The van der Waals surface area contributed by atoms with E-state index in [1.807, 2.05) is 33.4 Å². The van der Waals surface area contributed by atoms with Crippen LogP contribution >= 0.6 is 0 Å². The molecule has 2 spiro atoms. The Morgan fingerprint density at radius 2 is 0.493 bits per heavy atom. The van der Waals surface area contributed by atoms with Gasteiger partial charge in [-0.15, -0.1) is 0 Å². The van der Waals surface area contributed by atoms with Crippen molar-refractivity contribution >= 4 is 0 Å². The molecule has 0 aromatic heterocycles. The second-order valence-electron chi connectivity index (χ2n) is 29.6. The topological polar surface area (TPSA) is 25.5 Å². The first-order valence-corrected chi connectivity index (χ1v) is 30.8. The zero-order chi connectivity index (χ0) is 44.6. The predicted molar refractivity (Wildman–Crippen MR) is 268 cm³/mol. The molecule has 21 aliphatic rings. The molecule has 21 rings (SSSR count). The van der Waals surface area contributed by atoms with Crippen molar-refractivity contribution in [1.29, 1.82) is 0 Å². The fourth-order valence-corrected chi connectivity index (χ4v) is 26.5. The number of likely N-dealkylation sites (tertiary alicyclic amines) is 4. The van der Waals surface area contributed by atoms with Crippen molar-refractivity contribution in [3.63, 3.8) is 0 Å². The van der Waals surface area contributed by atoms with E-state index < -0.39 is 0 Å². The molecule has 69 heavy (non-hydrogen) atoms. The third-order valence-corrected chi connectivity index (χ3v) is 28.1. The van der Waals surface area contributed by atoms with E-state index in [-0.39, 0.29) is 33.4 Å². The van der Waals surface area contributed by atoms with Gasteiger partial charge in [-0.1, -0.05) is 27.7 Å². The SMILES string of the molecule is CC1CCN(C23C4=C5C6(N7CCC(C)CC7)C7=C2C2CCC7C7CCC8C(=C76)C67OC56C5=C4C4(N6CCC(C)CC6)C6=C3C2CCC6C2CCC3C(=C24)C5(N2CCC(C)CC2)C2=C7C8CCC23)CC1. The normalized spacial score (nSPS) is 55.5. The van der Waals surface area contributed by atoms with Gasteiger partial charge in [0.15, 0.2) is 11.2 Å². The number of epoxide rings is 1. The number of rotatable bonds is 4. The van der Waals surface area contributed by atoms with Gasteiger partial charge in [-0.2, -0.15) is 0 Å². The largest absolute Gasteiger partial charge is 0.343 e. The van der Waals surface area contributed by atoms with E-state index in [4.69, 9.17) is 4.74 Å². The molecule has 0 N–H and O–H groups in total. The summed E-state index contributed by atoms with van der Waals surface area (Å²) in [5.74, 6) is 10.6. The minimum atomic E-state index is -0.296. The highest BCUT2D eigenvalue weighted by molar-refractivity contribution is 5.99. The van der Waals surface area contributed by atoms with Crippen LogP contribution in [0.1, 0.15) is 143 Å². The molecule has 10 fully saturated rings. The molecule has 5 heterocycles. The van der Waals surface area contributed by atoms with Gasteiger partial charge in [0.05, 0.1) is 22.2 Å². The number of ether oxygens (including phenoxy) is 1. The molecule has 0 aromatic carbocycles. The van der Waals surface area contributed by atoms with Crippen molar-refractivity contribution in [2.24, 2.45) is 82.9 Å². The second-order valence-corrected chi connectivity index (χ2v) is 29.6. The van der Waals surface area contributed by atoms with Gasteiger partial charge in [0.1, 0.15) is 0 Å². The molecule has 14 atom stereocenters. The fraction of sp³-hybridized carbons (Fsp3) is 0.781. The lowest BCUT2D eigenvalue weighted by atomic mass is 9.50. The summed E-state index contributed by atoms with van der Waals surface area (Å²) < 4.78 is 8.99. The van der Waals surface area contributed by atoms with Crippen molar-refractivity contribution in [1.82, 2.24) is 19.6 Å². The quantitative estimate of drug-likeness (QED) is 0.207. The molecule has 5 heteroatoms. The van der Waals surface area contributed by atoms with E-state index in [0.717, 1.165) is 71.0 Å². The van der Waals surface area contributed by atoms with E-state index in [1.165, 1.54) is 168 Å². The summed E-state index contributed by atoms with van der Waals surface area (Å²) >= 11 is 0.